The lowest BCUT2D eigenvalue weighted by Crippen LogP contribution is -2.56. The van der Waals surface area contributed by atoms with Gasteiger partial charge in [-0.15, -0.1) is 0 Å². The second-order valence-electron chi connectivity index (χ2n) is 9.60. The highest BCUT2D eigenvalue weighted by Crippen LogP contribution is 2.24. The van der Waals surface area contributed by atoms with E-state index in [-0.39, 0.29) is 6.61 Å². The molecule has 0 spiro atoms. The average molecular weight is 435 g/mol. The molecule has 8 heteroatoms. The van der Waals surface area contributed by atoms with Gasteiger partial charge in [-0.2, -0.15) is 0 Å². The summed E-state index contributed by atoms with van der Waals surface area (Å²) in [6, 6.07) is 7.58. The maximum Gasteiger partial charge on any atom is 0.410 e. The summed E-state index contributed by atoms with van der Waals surface area (Å²) in [6.07, 6.45) is -0.0604. The zero-order valence-corrected chi connectivity index (χ0v) is 19.3. The summed E-state index contributed by atoms with van der Waals surface area (Å²) in [7, 11) is 0. The Kier molecular flexibility index (Phi) is 7.92. The zero-order valence-electron chi connectivity index (χ0n) is 19.3. The van der Waals surface area contributed by atoms with Crippen molar-refractivity contribution >= 4 is 18.2 Å². The highest BCUT2D eigenvalue weighted by atomic mass is 16.6. The summed E-state index contributed by atoms with van der Waals surface area (Å²) in [5.41, 5.74) is -0.586. The van der Waals surface area contributed by atoms with E-state index >= 15 is 0 Å². The van der Waals surface area contributed by atoms with Gasteiger partial charge in [-0.1, -0.05) is 30.3 Å². The van der Waals surface area contributed by atoms with E-state index in [0.29, 0.717) is 19.4 Å². The highest BCUT2D eigenvalue weighted by Gasteiger charge is 2.42. The number of carbonyl (C=O) groups excluding carboxylic acids is 3. The second-order valence-corrected chi connectivity index (χ2v) is 9.60. The number of ether oxygens (including phenoxy) is 3. The molecule has 0 bridgehead atoms. The summed E-state index contributed by atoms with van der Waals surface area (Å²) in [4.78, 5) is 39.6. The molecule has 8 nitrogen and oxygen atoms in total. The van der Waals surface area contributed by atoms with E-state index in [0.717, 1.165) is 5.56 Å². The molecule has 1 N–H and O–H groups in total. The number of carbonyl (C=O) groups is 3. The Morgan fingerprint density at radius 3 is 2.23 bits per heavy atom. The van der Waals surface area contributed by atoms with Crippen LogP contribution in [-0.2, 0) is 25.6 Å². The maximum absolute atomic E-state index is 13.0. The van der Waals surface area contributed by atoms with Gasteiger partial charge in [0.25, 0.3) is 0 Å². The summed E-state index contributed by atoms with van der Waals surface area (Å²) in [6.45, 7) is 11.0. The van der Waals surface area contributed by atoms with Crippen LogP contribution < -0.4 is 5.32 Å². The summed E-state index contributed by atoms with van der Waals surface area (Å²) < 4.78 is 16.3. The standard InChI is InChI=1S/C23H34N2O6/c1-22(2,3)30-20(27)24-18(19(26)29-15-16-11-8-7-9-12-16)17-13-10-14-25(17)21(28)31-23(4,5)6/h7-9,11-12,17-18H,10,13-15H2,1-6H3,(H,24,27)/t17-,18+/m1/s1. The lowest BCUT2D eigenvalue weighted by atomic mass is 10.1. The van der Waals surface area contributed by atoms with Gasteiger partial charge >= 0.3 is 18.2 Å². The van der Waals surface area contributed by atoms with E-state index in [2.05, 4.69) is 5.32 Å². The van der Waals surface area contributed by atoms with Crippen molar-refractivity contribution in [1.82, 2.24) is 10.2 Å². The number of hydrogen-bond acceptors (Lipinski definition) is 6. The Morgan fingerprint density at radius 1 is 1.03 bits per heavy atom. The number of amides is 2. The molecule has 0 radical (unpaired) electrons. The van der Waals surface area contributed by atoms with Crippen LogP contribution in [0.1, 0.15) is 59.9 Å². The van der Waals surface area contributed by atoms with Crippen molar-refractivity contribution < 1.29 is 28.6 Å². The zero-order chi connectivity index (χ0) is 23.2. The smallest absolute Gasteiger partial charge is 0.410 e. The Bertz CT molecular complexity index is 767. The molecule has 2 amide bonds. The van der Waals surface area contributed by atoms with Crippen LogP contribution in [0.25, 0.3) is 0 Å². The number of alkyl carbamates (subject to hydrolysis) is 1. The Morgan fingerprint density at radius 2 is 1.65 bits per heavy atom. The van der Waals surface area contributed by atoms with Crippen LogP contribution >= 0.6 is 0 Å². The molecule has 0 unspecified atom stereocenters. The van der Waals surface area contributed by atoms with Gasteiger partial charge in [-0.3, -0.25) is 0 Å². The van der Waals surface area contributed by atoms with E-state index in [1.165, 1.54) is 4.90 Å². The highest BCUT2D eigenvalue weighted by molar-refractivity contribution is 5.83. The largest absolute Gasteiger partial charge is 0.459 e. The van der Waals surface area contributed by atoms with Crippen LogP contribution in [-0.4, -0.2) is 52.9 Å². The number of benzene rings is 1. The first-order valence-corrected chi connectivity index (χ1v) is 10.6. The molecule has 1 aliphatic rings. The monoisotopic (exact) mass is 434 g/mol. The number of rotatable bonds is 5. The van der Waals surface area contributed by atoms with Gasteiger partial charge in [0.15, 0.2) is 6.04 Å². The predicted molar refractivity (Wildman–Crippen MR) is 115 cm³/mol. The molecule has 2 rings (SSSR count). The fourth-order valence-electron chi connectivity index (χ4n) is 3.25. The van der Waals surface area contributed by atoms with Gasteiger partial charge in [0.1, 0.15) is 17.8 Å². The molecule has 1 aliphatic heterocycles. The van der Waals surface area contributed by atoms with E-state index < -0.39 is 41.4 Å². The normalized spacial score (nSPS) is 17.6. The molecule has 0 aromatic heterocycles. The van der Waals surface area contributed by atoms with E-state index in [4.69, 9.17) is 14.2 Å². The van der Waals surface area contributed by atoms with Crippen molar-refractivity contribution in [3.63, 3.8) is 0 Å². The summed E-state index contributed by atoms with van der Waals surface area (Å²) in [5.74, 6) is -0.629. The molecule has 0 aliphatic carbocycles. The van der Waals surface area contributed by atoms with Gasteiger partial charge in [0.2, 0.25) is 0 Å². The van der Waals surface area contributed by atoms with Gasteiger partial charge in [-0.05, 0) is 59.9 Å². The molecule has 1 aromatic rings. The molecule has 1 fully saturated rings. The predicted octanol–water partition coefficient (Wildman–Crippen LogP) is 4.02. The van der Waals surface area contributed by atoms with Crippen LogP contribution in [0.3, 0.4) is 0 Å². The van der Waals surface area contributed by atoms with Crippen molar-refractivity contribution in [2.45, 2.75) is 84.3 Å². The van der Waals surface area contributed by atoms with E-state index in [1.807, 2.05) is 30.3 Å². The first-order valence-electron chi connectivity index (χ1n) is 10.6. The third-order valence-electron chi connectivity index (χ3n) is 4.46. The number of nitrogens with one attached hydrogen (secondary N) is 1. The van der Waals surface area contributed by atoms with Crippen LogP contribution in [0.2, 0.25) is 0 Å². The van der Waals surface area contributed by atoms with Crippen LogP contribution in [0.15, 0.2) is 30.3 Å². The van der Waals surface area contributed by atoms with Crippen molar-refractivity contribution in [1.29, 1.82) is 0 Å². The molecule has 0 saturated carbocycles. The fraction of sp³-hybridized carbons (Fsp3) is 0.609. The molecule has 1 heterocycles. The van der Waals surface area contributed by atoms with Crippen LogP contribution in [0, 0.1) is 0 Å². The summed E-state index contributed by atoms with van der Waals surface area (Å²) >= 11 is 0. The minimum absolute atomic E-state index is 0.0608. The fourth-order valence-corrected chi connectivity index (χ4v) is 3.25. The molecule has 1 aromatic carbocycles. The number of hydrogen-bond donors (Lipinski definition) is 1. The minimum atomic E-state index is -1.08. The Balaban J connectivity index is 2.18. The Labute approximate surface area is 184 Å². The molecule has 31 heavy (non-hydrogen) atoms. The van der Waals surface area contributed by atoms with Crippen molar-refractivity contribution in [2.75, 3.05) is 6.54 Å². The first-order chi connectivity index (χ1) is 14.4. The minimum Gasteiger partial charge on any atom is -0.459 e. The topological polar surface area (TPSA) is 94.2 Å². The third-order valence-corrected chi connectivity index (χ3v) is 4.46. The summed E-state index contributed by atoms with van der Waals surface area (Å²) in [5, 5.41) is 2.61. The van der Waals surface area contributed by atoms with Crippen molar-refractivity contribution in [2.24, 2.45) is 0 Å². The number of nitrogens with zero attached hydrogens (tertiary/aromatic N) is 1. The second kappa shape index (κ2) is 10.0. The lowest BCUT2D eigenvalue weighted by molar-refractivity contribution is -0.149. The van der Waals surface area contributed by atoms with E-state index in [9.17, 15) is 14.4 Å². The first kappa shape index (κ1) is 24.5. The molecule has 172 valence electrons. The van der Waals surface area contributed by atoms with Gasteiger partial charge in [-0.25, -0.2) is 14.4 Å². The average Bonchev–Trinajstić information content (AvgIpc) is 3.12. The van der Waals surface area contributed by atoms with Gasteiger partial charge in [0.05, 0.1) is 6.04 Å². The molecule has 1 saturated heterocycles. The molecular formula is C23H34N2O6. The third kappa shape index (κ3) is 8.11. The SMILES string of the molecule is CC(C)(C)OC(=O)N[C@H](C(=O)OCc1ccccc1)[C@H]1CCCN1C(=O)OC(C)(C)C. The van der Waals surface area contributed by atoms with E-state index in [1.54, 1.807) is 41.5 Å². The van der Waals surface area contributed by atoms with Crippen molar-refractivity contribution in [3.05, 3.63) is 35.9 Å². The number of likely N-dealkylation sites (tertiary alicyclic amines) is 1. The number of esters is 1. The van der Waals surface area contributed by atoms with Crippen molar-refractivity contribution in [3.8, 4) is 0 Å². The quantitative estimate of drug-likeness (QED) is 0.556. The molecular weight excluding hydrogens is 400 g/mol. The van der Waals surface area contributed by atoms with Crippen LogP contribution in [0.5, 0.6) is 0 Å². The van der Waals surface area contributed by atoms with Gasteiger partial charge < -0.3 is 24.4 Å². The maximum atomic E-state index is 13.0. The Hall–Kier alpha value is -2.77. The van der Waals surface area contributed by atoms with Gasteiger partial charge in [0, 0.05) is 6.54 Å². The van der Waals surface area contributed by atoms with Crippen LogP contribution in [0.4, 0.5) is 9.59 Å². The molecule has 2 atom stereocenters. The lowest BCUT2D eigenvalue weighted by Gasteiger charge is -2.33.